The molecule has 0 aromatic heterocycles. The van der Waals surface area contributed by atoms with Crippen molar-refractivity contribution in [1.29, 1.82) is 0 Å². The van der Waals surface area contributed by atoms with Crippen LogP contribution in [0.3, 0.4) is 0 Å². The number of rotatable bonds is 6. The number of hydrogen-bond acceptors (Lipinski definition) is 3. The number of carbonyl (C=O) groups excluding carboxylic acids is 1. The first-order valence-corrected chi connectivity index (χ1v) is 6.06. The van der Waals surface area contributed by atoms with E-state index in [1.807, 2.05) is 0 Å². The third-order valence-corrected chi connectivity index (χ3v) is 2.99. The van der Waals surface area contributed by atoms with Gasteiger partial charge in [-0.05, 0) is 40.5 Å². The molecule has 0 heterocycles. The van der Waals surface area contributed by atoms with Crippen LogP contribution in [-0.4, -0.2) is 25.5 Å². The number of halogens is 2. The summed E-state index contributed by atoms with van der Waals surface area (Å²) < 4.78 is 18.2. The lowest BCUT2D eigenvalue weighted by molar-refractivity contribution is 0.0967. The van der Waals surface area contributed by atoms with Crippen LogP contribution in [0.15, 0.2) is 22.7 Å². The summed E-state index contributed by atoms with van der Waals surface area (Å²) >= 11 is 3.04. The minimum atomic E-state index is -0.384. The number of carbonyl (C=O) groups is 1. The molecule has 94 valence electrons. The molecular weight excluding hydrogens is 289 g/mol. The minimum Gasteiger partial charge on any atom is -0.385 e. The lowest BCUT2D eigenvalue weighted by Gasteiger charge is -2.10. The van der Waals surface area contributed by atoms with Crippen LogP contribution in [0.1, 0.15) is 23.2 Å². The minimum absolute atomic E-state index is 0.0886. The normalized spacial score (nSPS) is 12.5. The summed E-state index contributed by atoms with van der Waals surface area (Å²) in [6.45, 7) is 0.529. The van der Waals surface area contributed by atoms with Crippen LogP contribution in [0, 0.1) is 5.82 Å². The van der Waals surface area contributed by atoms with Gasteiger partial charge in [-0.25, -0.2) is 4.39 Å². The van der Waals surface area contributed by atoms with Crippen molar-refractivity contribution in [1.82, 2.24) is 0 Å². The van der Waals surface area contributed by atoms with Crippen LogP contribution in [0.4, 0.5) is 4.39 Å². The van der Waals surface area contributed by atoms with Crippen molar-refractivity contribution in [2.45, 2.75) is 18.9 Å². The molecule has 0 aliphatic heterocycles. The quantitative estimate of drug-likeness (QED) is 0.822. The van der Waals surface area contributed by atoms with E-state index in [1.165, 1.54) is 18.2 Å². The summed E-state index contributed by atoms with van der Waals surface area (Å²) in [5.41, 5.74) is 6.24. The van der Waals surface area contributed by atoms with Gasteiger partial charge in [0.1, 0.15) is 5.82 Å². The molecule has 0 radical (unpaired) electrons. The fraction of sp³-hybridized carbons (Fsp3) is 0.417. The Hall–Kier alpha value is -0.780. The van der Waals surface area contributed by atoms with Crippen molar-refractivity contribution in [3.63, 3.8) is 0 Å². The van der Waals surface area contributed by atoms with Crippen molar-refractivity contribution in [3.8, 4) is 0 Å². The van der Waals surface area contributed by atoms with E-state index in [4.69, 9.17) is 10.5 Å². The second-order valence-electron chi connectivity index (χ2n) is 3.80. The summed E-state index contributed by atoms with van der Waals surface area (Å²) in [6.07, 6.45) is 0.867. The second kappa shape index (κ2) is 6.83. The maximum absolute atomic E-state index is 13.0. The molecule has 0 aliphatic carbocycles. The summed E-state index contributed by atoms with van der Waals surface area (Å²) in [4.78, 5) is 11.8. The van der Waals surface area contributed by atoms with Gasteiger partial charge in [0.25, 0.3) is 0 Å². The first-order chi connectivity index (χ1) is 8.04. The Morgan fingerprint density at radius 3 is 2.88 bits per heavy atom. The molecule has 1 aromatic rings. The zero-order chi connectivity index (χ0) is 12.8. The number of Topliss-reactive ketones (excluding diaryl/α,β-unsaturated/α-hetero) is 1. The summed E-state index contributed by atoms with van der Waals surface area (Å²) in [7, 11) is 1.59. The van der Waals surface area contributed by atoms with E-state index in [0.29, 0.717) is 18.6 Å². The highest BCUT2D eigenvalue weighted by Crippen LogP contribution is 2.18. The number of benzene rings is 1. The van der Waals surface area contributed by atoms with E-state index >= 15 is 0 Å². The molecule has 0 aliphatic rings. The average Bonchev–Trinajstić information content (AvgIpc) is 2.30. The number of methoxy groups -OCH3 is 1. The molecule has 0 saturated carbocycles. The Kier molecular flexibility index (Phi) is 5.74. The number of hydrogen-bond donors (Lipinski definition) is 1. The first-order valence-electron chi connectivity index (χ1n) is 5.27. The van der Waals surface area contributed by atoms with Crippen molar-refractivity contribution in [2.24, 2.45) is 5.73 Å². The highest BCUT2D eigenvalue weighted by molar-refractivity contribution is 9.10. The topological polar surface area (TPSA) is 52.3 Å². The van der Waals surface area contributed by atoms with E-state index in [-0.39, 0.29) is 28.5 Å². The fourth-order valence-corrected chi connectivity index (χ4v) is 1.78. The van der Waals surface area contributed by atoms with E-state index in [9.17, 15) is 9.18 Å². The van der Waals surface area contributed by atoms with Crippen molar-refractivity contribution >= 4 is 21.7 Å². The molecule has 0 fully saturated rings. The Labute approximate surface area is 108 Å². The predicted molar refractivity (Wildman–Crippen MR) is 67.5 cm³/mol. The Bertz CT molecular complexity index is 398. The maximum Gasteiger partial charge on any atom is 0.164 e. The maximum atomic E-state index is 13.0. The van der Waals surface area contributed by atoms with Gasteiger partial charge in [-0.3, -0.25) is 4.79 Å². The van der Waals surface area contributed by atoms with Crippen molar-refractivity contribution in [2.75, 3.05) is 13.7 Å². The van der Waals surface area contributed by atoms with Gasteiger partial charge >= 0.3 is 0 Å². The standard InChI is InChI=1S/C12H15BrFNO2/c1-17-5-4-9(15)7-12(16)8-2-3-11(14)10(13)6-8/h2-3,6,9H,4-5,7,15H2,1H3. The van der Waals surface area contributed by atoms with E-state index < -0.39 is 0 Å². The molecule has 0 bridgehead atoms. The van der Waals surface area contributed by atoms with Crippen LogP contribution in [-0.2, 0) is 4.74 Å². The van der Waals surface area contributed by atoms with Crippen molar-refractivity contribution < 1.29 is 13.9 Å². The van der Waals surface area contributed by atoms with E-state index in [1.54, 1.807) is 7.11 Å². The molecule has 1 unspecified atom stereocenters. The molecule has 2 N–H and O–H groups in total. The molecule has 0 amide bonds. The molecule has 17 heavy (non-hydrogen) atoms. The molecule has 1 aromatic carbocycles. The highest BCUT2D eigenvalue weighted by atomic mass is 79.9. The van der Waals surface area contributed by atoms with Crippen LogP contribution in [0.2, 0.25) is 0 Å². The van der Waals surface area contributed by atoms with Crippen LogP contribution in [0.5, 0.6) is 0 Å². The zero-order valence-corrected chi connectivity index (χ0v) is 11.2. The SMILES string of the molecule is COCCC(N)CC(=O)c1ccc(F)c(Br)c1. The molecule has 5 heteroatoms. The first kappa shape index (κ1) is 14.3. The van der Waals surface area contributed by atoms with Gasteiger partial charge in [-0.2, -0.15) is 0 Å². The second-order valence-corrected chi connectivity index (χ2v) is 4.65. The van der Waals surface area contributed by atoms with Crippen LogP contribution >= 0.6 is 15.9 Å². The summed E-state index contributed by atoms with van der Waals surface area (Å²) in [5, 5.41) is 0. The molecular formula is C12H15BrFNO2. The average molecular weight is 304 g/mol. The van der Waals surface area contributed by atoms with E-state index in [2.05, 4.69) is 15.9 Å². The highest BCUT2D eigenvalue weighted by Gasteiger charge is 2.13. The monoisotopic (exact) mass is 303 g/mol. The molecule has 1 rings (SSSR count). The molecule has 0 spiro atoms. The molecule has 3 nitrogen and oxygen atoms in total. The van der Waals surface area contributed by atoms with Gasteiger partial charge in [0.05, 0.1) is 4.47 Å². The summed E-state index contributed by atoms with van der Waals surface area (Å²) in [5.74, 6) is -0.473. The van der Waals surface area contributed by atoms with E-state index in [0.717, 1.165) is 0 Å². The number of ether oxygens (including phenoxy) is 1. The van der Waals surface area contributed by atoms with Crippen LogP contribution in [0.25, 0.3) is 0 Å². The van der Waals surface area contributed by atoms with Gasteiger partial charge in [-0.1, -0.05) is 0 Å². The van der Waals surface area contributed by atoms with Gasteiger partial charge < -0.3 is 10.5 Å². The smallest absolute Gasteiger partial charge is 0.164 e. The Balaban J connectivity index is 2.60. The third-order valence-electron chi connectivity index (χ3n) is 2.38. The fourth-order valence-electron chi connectivity index (χ4n) is 1.40. The number of ketones is 1. The van der Waals surface area contributed by atoms with Gasteiger partial charge in [0.2, 0.25) is 0 Å². The Morgan fingerprint density at radius 2 is 2.29 bits per heavy atom. The van der Waals surface area contributed by atoms with Crippen LogP contribution < -0.4 is 5.73 Å². The predicted octanol–water partition coefficient (Wildman–Crippen LogP) is 2.52. The van der Waals surface area contributed by atoms with Gasteiger partial charge in [0.15, 0.2) is 5.78 Å². The third kappa shape index (κ3) is 4.53. The lowest BCUT2D eigenvalue weighted by atomic mass is 10.0. The lowest BCUT2D eigenvalue weighted by Crippen LogP contribution is -2.25. The molecule has 1 atom stereocenters. The number of nitrogens with two attached hydrogens (primary N) is 1. The largest absolute Gasteiger partial charge is 0.385 e. The van der Waals surface area contributed by atoms with Gasteiger partial charge in [0, 0.05) is 31.7 Å². The summed E-state index contributed by atoms with van der Waals surface area (Å²) in [6, 6.07) is 3.97. The Morgan fingerprint density at radius 1 is 1.59 bits per heavy atom. The van der Waals surface area contributed by atoms with Gasteiger partial charge in [-0.15, -0.1) is 0 Å². The van der Waals surface area contributed by atoms with Crippen molar-refractivity contribution in [3.05, 3.63) is 34.1 Å². The zero-order valence-electron chi connectivity index (χ0n) is 9.58. The molecule has 0 saturated heterocycles.